The van der Waals surface area contributed by atoms with Gasteiger partial charge in [-0.2, -0.15) is 0 Å². The number of rotatable bonds is 5. The van der Waals surface area contributed by atoms with Gasteiger partial charge in [-0.1, -0.05) is 25.7 Å². The van der Waals surface area contributed by atoms with Crippen LogP contribution >= 0.6 is 27.3 Å². The van der Waals surface area contributed by atoms with E-state index in [1.54, 1.807) is 0 Å². The van der Waals surface area contributed by atoms with Crippen LogP contribution in [-0.2, 0) is 6.42 Å². The maximum Gasteiger partial charge on any atom is 0.0285 e. The molecule has 0 bridgehead atoms. The fourth-order valence-corrected chi connectivity index (χ4v) is 4.12. The SMILES string of the molecule is NC(CCC1CCCC1)Cc1cc(Br)cs1. The first-order valence-corrected chi connectivity index (χ1v) is 7.90. The van der Waals surface area contributed by atoms with Gasteiger partial charge in [-0.15, -0.1) is 11.3 Å². The lowest BCUT2D eigenvalue weighted by atomic mass is 9.97. The Kier molecular flexibility index (Phi) is 4.86. The van der Waals surface area contributed by atoms with Crippen LogP contribution in [0.5, 0.6) is 0 Å². The fraction of sp³-hybridized carbons (Fsp3) is 0.692. The second kappa shape index (κ2) is 6.18. The van der Waals surface area contributed by atoms with Crippen LogP contribution in [-0.4, -0.2) is 6.04 Å². The second-order valence-electron chi connectivity index (χ2n) is 4.92. The molecule has 1 saturated carbocycles. The molecule has 90 valence electrons. The Labute approximate surface area is 111 Å². The third-order valence-corrected chi connectivity index (χ3v) is 5.23. The molecule has 0 aromatic carbocycles. The lowest BCUT2D eigenvalue weighted by molar-refractivity contribution is 0.448. The molecule has 1 aromatic heterocycles. The standard InChI is InChI=1S/C13H20BrNS/c14-11-7-13(16-9-11)8-12(15)6-5-10-3-1-2-4-10/h7,9-10,12H,1-6,8,15H2. The van der Waals surface area contributed by atoms with Crippen LogP contribution < -0.4 is 5.73 Å². The summed E-state index contributed by atoms with van der Waals surface area (Å²) in [5, 5.41) is 2.14. The first kappa shape index (κ1) is 12.6. The van der Waals surface area contributed by atoms with Crippen LogP contribution in [0.15, 0.2) is 15.9 Å². The van der Waals surface area contributed by atoms with E-state index < -0.39 is 0 Å². The summed E-state index contributed by atoms with van der Waals surface area (Å²) in [7, 11) is 0. The number of nitrogens with two attached hydrogens (primary N) is 1. The minimum Gasteiger partial charge on any atom is -0.327 e. The number of hydrogen-bond acceptors (Lipinski definition) is 2. The zero-order valence-electron chi connectivity index (χ0n) is 9.62. The second-order valence-corrected chi connectivity index (χ2v) is 6.83. The highest BCUT2D eigenvalue weighted by Crippen LogP contribution is 2.29. The topological polar surface area (TPSA) is 26.0 Å². The Morgan fingerprint density at radius 1 is 1.44 bits per heavy atom. The Bertz CT molecular complexity index is 317. The maximum absolute atomic E-state index is 6.18. The average Bonchev–Trinajstić information content (AvgIpc) is 2.87. The zero-order chi connectivity index (χ0) is 11.4. The van der Waals surface area contributed by atoms with E-state index in [-0.39, 0.29) is 0 Å². The number of hydrogen-bond donors (Lipinski definition) is 1. The van der Waals surface area contributed by atoms with Gasteiger partial charge in [-0.05, 0) is 47.2 Å². The van der Waals surface area contributed by atoms with Crippen LogP contribution in [0.1, 0.15) is 43.4 Å². The summed E-state index contributed by atoms with van der Waals surface area (Å²) < 4.78 is 1.19. The molecule has 1 aliphatic carbocycles. The summed E-state index contributed by atoms with van der Waals surface area (Å²) in [6.45, 7) is 0. The molecule has 1 unspecified atom stereocenters. The molecule has 1 fully saturated rings. The monoisotopic (exact) mass is 301 g/mol. The van der Waals surface area contributed by atoms with Gasteiger partial charge in [-0.3, -0.25) is 0 Å². The number of thiophene rings is 1. The molecule has 0 saturated heterocycles. The van der Waals surface area contributed by atoms with Crippen LogP contribution in [0.3, 0.4) is 0 Å². The molecule has 2 N–H and O–H groups in total. The molecule has 0 spiro atoms. The summed E-state index contributed by atoms with van der Waals surface area (Å²) in [5.74, 6) is 0.973. The third-order valence-electron chi connectivity index (χ3n) is 3.51. The molecule has 16 heavy (non-hydrogen) atoms. The molecule has 1 heterocycles. The largest absolute Gasteiger partial charge is 0.327 e. The van der Waals surface area contributed by atoms with Crippen molar-refractivity contribution in [3.05, 3.63) is 20.8 Å². The van der Waals surface area contributed by atoms with Crippen molar-refractivity contribution < 1.29 is 0 Å². The van der Waals surface area contributed by atoms with Gasteiger partial charge in [0.25, 0.3) is 0 Å². The van der Waals surface area contributed by atoms with E-state index in [4.69, 9.17) is 5.73 Å². The van der Waals surface area contributed by atoms with Crippen molar-refractivity contribution in [3.63, 3.8) is 0 Å². The molecule has 3 heteroatoms. The van der Waals surface area contributed by atoms with Gasteiger partial charge in [-0.25, -0.2) is 0 Å². The molecule has 1 nitrogen and oxygen atoms in total. The average molecular weight is 302 g/mol. The lowest BCUT2D eigenvalue weighted by Gasteiger charge is -2.13. The Morgan fingerprint density at radius 3 is 2.81 bits per heavy atom. The Hall–Kier alpha value is 0.140. The summed E-state index contributed by atoms with van der Waals surface area (Å²) in [6, 6.07) is 2.55. The van der Waals surface area contributed by atoms with E-state index in [0.717, 1.165) is 12.3 Å². The molecule has 1 atom stereocenters. The summed E-state index contributed by atoms with van der Waals surface area (Å²) in [5.41, 5.74) is 6.18. The Morgan fingerprint density at radius 2 is 2.19 bits per heavy atom. The van der Waals surface area contributed by atoms with E-state index in [0.29, 0.717) is 6.04 Å². The first-order valence-electron chi connectivity index (χ1n) is 6.22. The van der Waals surface area contributed by atoms with Gasteiger partial charge in [0.2, 0.25) is 0 Å². The molecule has 1 aromatic rings. The highest BCUT2D eigenvalue weighted by Gasteiger charge is 2.16. The zero-order valence-corrected chi connectivity index (χ0v) is 12.0. The van der Waals surface area contributed by atoms with Gasteiger partial charge in [0.15, 0.2) is 0 Å². The molecule has 2 rings (SSSR count). The highest BCUT2D eigenvalue weighted by molar-refractivity contribution is 9.10. The normalized spacial score (nSPS) is 19.1. The van der Waals surface area contributed by atoms with E-state index >= 15 is 0 Å². The van der Waals surface area contributed by atoms with Crippen molar-refractivity contribution in [3.8, 4) is 0 Å². The quantitative estimate of drug-likeness (QED) is 0.859. The number of halogens is 1. The first-order chi connectivity index (χ1) is 7.74. The van der Waals surface area contributed by atoms with E-state index in [2.05, 4.69) is 27.4 Å². The van der Waals surface area contributed by atoms with Crippen molar-refractivity contribution in [1.29, 1.82) is 0 Å². The van der Waals surface area contributed by atoms with Gasteiger partial charge in [0, 0.05) is 20.8 Å². The maximum atomic E-state index is 6.18. The van der Waals surface area contributed by atoms with Crippen molar-refractivity contribution in [1.82, 2.24) is 0 Å². The molecule has 0 aliphatic heterocycles. The Balaban J connectivity index is 1.69. The highest BCUT2D eigenvalue weighted by atomic mass is 79.9. The molecular weight excluding hydrogens is 282 g/mol. The van der Waals surface area contributed by atoms with Crippen molar-refractivity contribution in [2.45, 2.75) is 51.0 Å². The summed E-state index contributed by atoms with van der Waals surface area (Å²) >= 11 is 5.29. The van der Waals surface area contributed by atoms with Crippen LogP contribution in [0.25, 0.3) is 0 Å². The fourth-order valence-electron chi connectivity index (χ4n) is 2.57. The molecule has 1 aliphatic rings. The van der Waals surface area contributed by atoms with E-state index in [1.807, 2.05) is 11.3 Å². The van der Waals surface area contributed by atoms with Gasteiger partial charge < -0.3 is 5.73 Å². The minimum atomic E-state index is 0.353. The molecule has 0 amide bonds. The lowest BCUT2D eigenvalue weighted by Crippen LogP contribution is -2.23. The van der Waals surface area contributed by atoms with Crippen molar-refractivity contribution in [2.24, 2.45) is 11.7 Å². The van der Waals surface area contributed by atoms with Gasteiger partial charge in [0.05, 0.1) is 0 Å². The van der Waals surface area contributed by atoms with E-state index in [9.17, 15) is 0 Å². The van der Waals surface area contributed by atoms with Crippen LogP contribution in [0.2, 0.25) is 0 Å². The predicted octanol–water partition coefficient (Wildman–Crippen LogP) is 4.35. The third kappa shape index (κ3) is 3.86. The van der Waals surface area contributed by atoms with E-state index in [1.165, 1.54) is 47.9 Å². The summed E-state index contributed by atoms with van der Waals surface area (Å²) in [4.78, 5) is 1.41. The predicted molar refractivity (Wildman–Crippen MR) is 74.9 cm³/mol. The van der Waals surface area contributed by atoms with Crippen LogP contribution in [0, 0.1) is 5.92 Å². The molecule has 0 radical (unpaired) electrons. The van der Waals surface area contributed by atoms with Crippen LogP contribution in [0.4, 0.5) is 0 Å². The van der Waals surface area contributed by atoms with Crippen molar-refractivity contribution >= 4 is 27.3 Å². The minimum absolute atomic E-state index is 0.353. The van der Waals surface area contributed by atoms with Gasteiger partial charge >= 0.3 is 0 Å². The van der Waals surface area contributed by atoms with Gasteiger partial charge in [0.1, 0.15) is 0 Å². The smallest absolute Gasteiger partial charge is 0.0285 e. The summed E-state index contributed by atoms with van der Waals surface area (Å²) in [6.07, 6.45) is 9.35. The molecular formula is C13H20BrNS. The van der Waals surface area contributed by atoms with Crippen molar-refractivity contribution in [2.75, 3.05) is 0 Å².